The highest BCUT2D eigenvalue weighted by Crippen LogP contribution is 2.31. The molecule has 0 saturated heterocycles. The van der Waals surface area contributed by atoms with E-state index >= 15 is 0 Å². The van der Waals surface area contributed by atoms with Gasteiger partial charge in [0, 0.05) is 24.8 Å². The topological polar surface area (TPSA) is 203 Å². The number of nitrogens with zero attached hydrogens (tertiary/aromatic N) is 2. The molecule has 294 valence electrons. The average molecular weight is 778 g/mol. The summed E-state index contributed by atoms with van der Waals surface area (Å²) < 4.78 is 107. The number of carbonyl (C=O) groups excluding carboxylic acids is 1. The van der Waals surface area contributed by atoms with E-state index in [9.17, 15) is 44.3 Å². The summed E-state index contributed by atoms with van der Waals surface area (Å²) in [6, 6.07) is 11.4. The number of carbonyl (C=O) groups is 4. The number of alkyl halides is 9. The first-order valence-corrected chi connectivity index (χ1v) is 14.4. The van der Waals surface area contributed by atoms with Crippen LogP contribution >= 0.6 is 0 Å². The van der Waals surface area contributed by atoms with E-state index < -0.39 is 36.4 Å². The smallest absolute Gasteiger partial charge is 0.490 e. The maximum absolute atomic E-state index is 13.1. The zero-order valence-corrected chi connectivity index (χ0v) is 27.6. The van der Waals surface area contributed by atoms with Gasteiger partial charge >= 0.3 is 36.4 Å². The predicted molar refractivity (Wildman–Crippen MR) is 165 cm³/mol. The molecular formula is C30H32F9N5O9. The van der Waals surface area contributed by atoms with Crippen LogP contribution in [-0.4, -0.2) is 113 Å². The van der Waals surface area contributed by atoms with E-state index in [0.29, 0.717) is 31.0 Å². The number of hydrogen-bond acceptors (Lipinski definition) is 9. The van der Waals surface area contributed by atoms with E-state index in [4.69, 9.17) is 39.2 Å². The maximum Gasteiger partial charge on any atom is 0.490 e. The van der Waals surface area contributed by atoms with Crippen molar-refractivity contribution in [1.29, 1.82) is 0 Å². The molecule has 14 nitrogen and oxygen atoms in total. The molecule has 0 fully saturated rings. The Labute approximate surface area is 293 Å². The lowest BCUT2D eigenvalue weighted by molar-refractivity contribution is -0.193. The van der Waals surface area contributed by atoms with E-state index in [-0.39, 0.29) is 11.9 Å². The fourth-order valence-electron chi connectivity index (χ4n) is 3.69. The Morgan fingerprint density at radius 1 is 0.849 bits per heavy atom. The summed E-state index contributed by atoms with van der Waals surface area (Å²) in [7, 11) is 5.64. The molecule has 23 heteroatoms. The Morgan fingerprint density at radius 2 is 1.40 bits per heavy atom. The van der Waals surface area contributed by atoms with Gasteiger partial charge in [-0.3, -0.25) is 9.89 Å². The van der Waals surface area contributed by atoms with Crippen LogP contribution in [0.25, 0.3) is 11.1 Å². The quantitative estimate of drug-likeness (QED) is 0.174. The number of H-pyrrole nitrogens is 1. The van der Waals surface area contributed by atoms with Gasteiger partial charge in [0.1, 0.15) is 18.1 Å². The van der Waals surface area contributed by atoms with Crippen molar-refractivity contribution in [3.05, 3.63) is 59.9 Å². The van der Waals surface area contributed by atoms with Crippen LogP contribution in [0.5, 0.6) is 11.5 Å². The Morgan fingerprint density at radius 3 is 1.85 bits per heavy atom. The predicted octanol–water partition coefficient (Wildman–Crippen LogP) is 4.58. The number of carboxylic acid groups (broad SMARTS) is 3. The fraction of sp³-hybridized carbons (Fsp3) is 0.367. The fourth-order valence-corrected chi connectivity index (χ4v) is 3.69. The van der Waals surface area contributed by atoms with Crippen molar-refractivity contribution < 1.29 is 83.5 Å². The first-order chi connectivity index (χ1) is 24.4. The molecule has 2 aromatic carbocycles. The number of aliphatic carboxylic acids is 3. The largest absolute Gasteiger partial charge is 0.497 e. The van der Waals surface area contributed by atoms with Gasteiger partial charge in [-0.2, -0.15) is 44.6 Å². The van der Waals surface area contributed by atoms with Gasteiger partial charge in [0.15, 0.2) is 0 Å². The van der Waals surface area contributed by atoms with Crippen LogP contribution in [0, 0.1) is 0 Å². The second-order valence-corrected chi connectivity index (χ2v) is 10.5. The molecular weight excluding hydrogens is 745 g/mol. The van der Waals surface area contributed by atoms with E-state index in [1.165, 1.54) is 5.56 Å². The van der Waals surface area contributed by atoms with Crippen molar-refractivity contribution in [3.8, 4) is 22.6 Å². The van der Waals surface area contributed by atoms with Crippen molar-refractivity contribution in [2.75, 3.05) is 39.7 Å². The van der Waals surface area contributed by atoms with Gasteiger partial charge in [-0.1, -0.05) is 12.1 Å². The van der Waals surface area contributed by atoms with Crippen molar-refractivity contribution in [3.63, 3.8) is 0 Å². The van der Waals surface area contributed by atoms with Gasteiger partial charge in [0.2, 0.25) is 5.91 Å². The highest BCUT2D eigenvalue weighted by Gasteiger charge is 2.39. The molecule has 1 aromatic heterocycles. The van der Waals surface area contributed by atoms with E-state index in [0.717, 1.165) is 29.0 Å². The molecule has 0 aliphatic carbocycles. The molecule has 0 unspecified atom stereocenters. The molecule has 0 saturated carbocycles. The summed E-state index contributed by atoms with van der Waals surface area (Å²) >= 11 is 0. The molecule has 1 atom stereocenters. The third-order valence-electron chi connectivity index (χ3n) is 6.29. The second-order valence-electron chi connectivity index (χ2n) is 10.5. The maximum atomic E-state index is 13.1. The molecule has 2 heterocycles. The van der Waals surface area contributed by atoms with Crippen LogP contribution in [0.15, 0.2) is 48.8 Å². The van der Waals surface area contributed by atoms with Crippen LogP contribution in [0.4, 0.5) is 45.2 Å². The highest BCUT2D eigenvalue weighted by molar-refractivity contribution is 5.97. The standard InChI is InChI=1S/C24H29N5O3.3C2HF3O2/c1-29(2)8-9-32-23-12-16(19-14-26-27-15-19)5-7-21(23)28-24(30)22-11-18-10-20(31-3)6-4-17(18)13-25-22;3*3-2(4,5)1(6)7/h4-7,10,12,14-15,22,25H,8-9,11,13H2,1-3H3,(H,26,27)(H,28,30);3*(H,6,7)/t22-;;;/m0.../s1. The minimum absolute atomic E-state index is 0.0907. The number of aromatic nitrogens is 2. The van der Waals surface area contributed by atoms with E-state index in [1.54, 1.807) is 13.3 Å². The summed E-state index contributed by atoms with van der Waals surface area (Å²) in [4.78, 5) is 41.8. The van der Waals surface area contributed by atoms with Gasteiger partial charge in [-0.05, 0) is 61.5 Å². The van der Waals surface area contributed by atoms with Crippen LogP contribution in [0.3, 0.4) is 0 Å². The van der Waals surface area contributed by atoms with Crippen LogP contribution in [0.2, 0.25) is 0 Å². The number of anilines is 1. The molecule has 6 N–H and O–H groups in total. The van der Waals surface area contributed by atoms with Crippen LogP contribution in [-0.2, 0) is 32.1 Å². The van der Waals surface area contributed by atoms with Gasteiger partial charge in [0.25, 0.3) is 0 Å². The van der Waals surface area contributed by atoms with E-state index in [2.05, 4.69) is 25.7 Å². The lowest BCUT2D eigenvalue weighted by Gasteiger charge is -2.26. The van der Waals surface area contributed by atoms with Gasteiger partial charge in [-0.25, -0.2) is 14.4 Å². The van der Waals surface area contributed by atoms with Crippen molar-refractivity contribution in [2.45, 2.75) is 37.5 Å². The summed E-state index contributed by atoms with van der Waals surface area (Å²) in [5.41, 5.74) is 4.89. The second kappa shape index (κ2) is 19.9. The molecule has 0 spiro atoms. The van der Waals surface area contributed by atoms with Gasteiger partial charge < -0.3 is 40.3 Å². The lowest BCUT2D eigenvalue weighted by Crippen LogP contribution is -2.44. The average Bonchev–Trinajstić information content (AvgIpc) is 3.59. The number of ether oxygens (including phenoxy) is 2. The van der Waals surface area contributed by atoms with Gasteiger partial charge in [0.05, 0.1) is 25.0 Å². The molecule has 1 amide bonds. The van der Waals surface area contributed by atoms with Crippen molar-refractivity contribution in [1.82, 2.24) is 20.4 Å². The molecule has 1 aliphatic heterocycles. The lowest BCUT2D eigenvalue weighted by atomic mass is 9.95. The zero-order valence-electron chi connectivity index (χ0n) is 27.6. The summed E-state index contributed by atoms with van der Waals surface area (Å²) in [5, 5.41) is 34.6. The van der Waals surface area contributed by atoms with Gasteiger partial charge in [-0.15, -0.1) is 0 Å². The number of likely N-dealkylation sites (N-methyl/N-ethyl adjacent to an activating group) is 1. The SMILES string of the molecule is COc1ccc2c(c1)C[C@@H](C(=O)Nc1ccc(-c3cn[nH]c3)cc1OCCN(C)C)NC2.O=C(O)C(F)(F)F.O=C(O)C(F)(F)F.O=C(O)C(F)(F)F. The Balaban J connectivity index is 0.000000545. The minimum Gasteiger partial charge on any atom is -0.497 e. The summed E-state index contributed by atoms with van der Waals surface area (Å²) in [6.45, 7) is 1.93. The Bertz CT molecular complexity index is 1610. The molecule has 0 bridgehead atoms. The molecule has 3 aromatic rings. The number of rotatable bonds is 8. The number of carboxylic acids is 3. The summed E-state index contributed by atoms with van der Waals surface area (Å²) in [6.07, 6.45) is -11.1. The number of nitrogens with one attached hydrogen (secondary N) is 3. The molecule has 0 radical (unpaired) electrons. The van der Waals surface area contributed by atoms with Crippen LogP contribution in [0.1, 0.15) is 11.1 Å². The number of benzene rings is 2. The number of fused-ring (bicyclic) bond motifs is 1. The first-order valence-electron chi connectivity index (χ1n) is 14.4. The normalized spacial score (nSPS) is 13.7. The van der Waals surface area contributed by atoms with Crippen molar-refractivity contribution >= 4 is 29.5 Å². The molecule has 1 aliphatic rings. The number of amides is 1. The van der Waals surface area contributed by atoms with E-state index in [1.807, 2.05) is 56.7 Å². The number of halogens is 9. The van der Waals surface area contributed by atoms with Crippen molar-refractivity contribution in [2.24, 2.45) is 0 Å². The number of methoxy groups -OCH3 is 1. The monoisotopic (exact) mass is 777 g/mol. The zero-order chi connectivity index (χ0) is 40.7. The number of aromatic amines is 1. The third-order valence-corrected chi connectivity index (χ3v) is 6.29. The Hall–Kier alpha value is -5.58. The minimum atomic E-state index is -5.08. The van der Waals surface area contributed by atoms with Crippen LogP contribution < -0.4 is 20.1 Å². The molecule has 53 heavy (non-hydrogen) atoms. The molecule has 4 rings (SSSR count). The highest BCUT2D eigenvalue weighted by atomic mass is 19.4. The summed E-state index contributed by atoms with van der Waals surface area (Å²) in [5.74, 6) is -6.92. The third kappa shape index (κ3) is 16.5. The first kappa shape index (κ1) is 45.4. The Kier molecular flexibility index (Phi) is 17.0. The number of hydrogen-bond donors (Lipinski definition) is 6.